The Morgan fingerprint density at radius 1 is 1.07 bits per heavy atom. The lowest BCUT2D eigenvalue weighted by molar-refractivity contribution is 0.109. The molecule has 0 atom stereocenters. The molecule has 2 N–H and O–H groups in total. The van der Waals surface area contributed by atoms with Gasteiger partial charge in [0.2, 0.25) is 0 Å². The Hall–Kier alpha value is -1.99. The Kier molecular flexibility index (Phi) is 12.1. The van der Waals surface area contributed by atoms with Gasteiger partial charge in [0.1, 0.15) is 0 Å². The maximum atomic E-state index is 5.80. The summed E-state index contributed by atoms with van der Waals surface area (Å²) in [5.41, 5.74) is 0.931. The maximum Gasteiger partial charge on any atom is 0.195 e. The number of fused-ring (bicyclic) bond motifs is 1. The first kappa shape index (κ1) is 24.3. The van der Waals surface area contributed by atoms with Crippen LogP contribution in [-0.4, -0.2) is 59.2 Å². The predicted octanol–water partition coefficient (Wildman–Crippen LogP) is 4.08. The molecule has 1 aromatic carbocycles. The molecule has 7 heteroatoms. The lowest BCUT2D eigenvalue weighted by Gasteiger charge is -2.15. The second-order valence-corrected chi connectivity index (χ2v) is 7.87. The monoisotopic (exact) mass is 421 g/mol. The number of aliphatic imine (C=N–C) groups is 1. The molecule has 30 heavy (non-hydrogen) atoms. The van der Waals surface area contributed by atoms with Gasteiger partial charge >= 0.3 is 0 Å². The number of guanidine groups is 1. The van der Waals surface area contributed by atoms with Gasteiger partial charge in [0.25, 0.3) is 0 Å². The van der Waals surface area contributed by atoms with Crippen LogP contribution in [-0.2, 0) is 9.47 Å². The molecule has 0 bridgehead atoms. The van der Waals surface area contributed by atoms with E-state index in [1.807, 2.05) is 18.2 Å². The summed E-state index contributed by atoms with van der Waals surface area (Å²) >= 11 is 0. The summed E-state index contributed by atoms with van der Waals surface area (Å²) < 4.78 is 22.3. The van der Waals surface area contributed by atoms with Crippen molar-refractivity contribution < 1.29 is 18.9 Å². The molecule has 0 amide bonds. The molecule has 0 radical (unpaired) electrons. The van der Waals surface area contributed by atoms with Gasteiger partial charge in [-0.1, -0.05) is 13.8 Å². The topological polar surface area (TPSA) is 73.3 Å². The summed E-state index contributed by atoms with van der Waals surface area (Å²) in [7, 11) is 1.74. The number of hydrogen-bond acceptors (Lipinski definition) is 5. The zero-order chi connectivity index (χ0) is 21.4. The standard InChI is InChI=1S/C23H39N3O4/c1-19(2)18-28-14-7-12-25-23(24-11-5-4-6-13-27-3)26-20-9-10-21-22(17-20)30-16-8-15-29-21/h9-10,17,19H,4-8,11-16,18H2,1-3H3,(H2,24,25,26). The normalized spacial score (nSPS) is 13.9. The molecular formula is C23H39N3O4. The van der Waals surface area contributed by atoms with Crippen molar-refractivity contribution in [2.75, 3.05) is 58.6 Å². The SMILES string of the molecule is COCCCCCNC(=NCCCOCC(C)C)Nc1ccc2c(c1)OCCCO2. The number of ether oxygens (including phenoxy) is 4. The Bertz CT molecular complexity index is 622. The van der Waals surface area contributed by atoms with Crippen LogP contribution in [0.2, 0.25) is 0 Å². The first-order valence-electron chi connectivity index (χ1n) is 11.2. The Labute approximate surface area is 181 Å². The number of nitrogens with one attached hydrogen (secondary N) is 2. The summed E-state index contributed by atoms with van der Waals surface area (Å²) in [6, 6.07) is 5.92. The number of anilines is 1. The third kappa shape index (κ3) is 10.2. The van der Waals surface area contributed by atoms with Gasteiger partial charge in [-0.3, -0.25) is 4.99 Å². The number of unbranched alkanes of at least 4 members (excludes halogenated alkanes) is 2. The molecule has 170 valence electrons. The zero-order valence-electron chi connectivity index (χ0n) is 18.9. The fourth-order valence-corrected chi connectivity index (χ4v) is 2.95. The van der Waals surface area contributed by atoms with Gasteiger partial charge in [-0.2, -0.15) is 0 Å². The van der Waals surface area contributed by atoms with Crippen LogP contribution < -0.4 is 20.1 Å². The number of rotatable bonds is 13. The molecular weight excluding hydrogens is 382 g/mol. The van der Waals surface area contributed by atoms with Gasteiger partial charge in [-0.15, -0.1) is 0 Å². The van der Waals surface area contributed by atoms with E-state index in [9.17, 15) is 0 Å². The van der Waals surface area contributed by atoms with Gasteiger partial charge in [0.05, 0.1) is 13.2 Å². The highest BCUT2D eigenvalue weighted by molar-refractivity contribution is 5.93. The largest absolute Gasteiger partial charge is 0.490 e. The summed E-state index contributed by atoms with van der Waals surface area (Å²) in [5, 5.41) is 6.83. The molecule has 1 aliphatic heterocycles. The smallest absolute Gasteiger partial charge is 0.195 e. The van der Waals surface area contributed by atoms with Crippen molar-refractivity contribution in [3.63, 3.8) is 0 Å². The predicted molar refractivity (Wildman–Crippen MR) is 122 cm³/mol. The fourth-order valence-electron chi connectivity index (χ4n) is 2.95. The Morgan fingerprint density at radius 2 is 1.90 bits per heavy atom. The number of methoxy groups -OCH3 is 1. The number of benzene rings is 1. The van der Waals surface area contributed by atoms with E-state index in [0.29, 0.717) is 25.7 Å². The van der Waals surface area contributed by atoms with Crippen LogP contribution in [0.25, 0.3) is 0 Å². The van der Waals surface area contributed by atoms with Crippen molar-refractivity contribution in [3.05, 3.63) is 18.2 Å². The zero-order valence-corrected chi connectivity index (χ0v) is 18.9. The van der Waals surface area contributed by atoms with E-state index < -0.39 is 0 Å². The first-order valence-corrected chi connectivity index (χ1v) is 11.2. The second kappa shape index (κ2) is 14.9. The summed E-state index contributed by atoms with van der Waals surface area (Å²) in [6.07, 6.45) is 5.07. The molecule has 7 nitrogen and oxygen atoms in total. The molecule has 0 unspecified atom stereocenters. The lowest BCUT2D eigenvalue weighted by atomic mass is 10.2. The average molecular weight is 422 g/mol. The van der Waals surface area contributed by atoms with E-state index in [1.165, 1.54) is 0 Å². The quantitative estimate of drug-likeness (QED) is 0.284. The van der Waals surface area contributed by atoms with Gasteiger partial charge in [0.15, 0.2) is 17.5 Å². The molecule has 1 aromatic rings. The van der Waals surface area contributed by atoms with Crippen molar-refractivity contribution in [1.29, 1.82) is 0 Å². The van der Waals surface area contributed by atoms with Gasteiger partial charge in [0, 0.05) is 58.2 Å². The molecule has 1 aliphatic rings. The van der Waals surface area contributed by atoms with Crippen LogP contribution in [0, 0.1) is 5.92 Å². The van der Waals surface area contributed by atoms with Gasteiger partial charge in [-0.05, 0) is 43.7 Å². The van der Waals surface area contributed by atoms with Crippen LogP contribution in [0.1, 0.15) is 46.0 Å². The van der Waals surface area contributed by atoms with E-state index in [4.69, 9.17) is 23.9 Å². The van der Waals surface area contributed by atoms with E-state index in [-0.39, 0.29) is 0 Å². The molecule has 0 aliphatic carbocycles. The number of nitrogens with zero attached hydrogens (tertiary/aromatic N) is 1. The molecule has 0 spiro atoms. The van der Waals surface area contributed by atoms with Crippen LogP contribution >= 0.6 is 0 Å². The van der Waals surface area contributed by atoms with Crippen molar-refractivity contribution in [2.24, 2.45) is 10.9 Å². The van der Waals surface area contributed by atoms with E-state index >= 15 is 0 Å². The molecule has 0 saturated carbocycles. The summed E-state index contributed by atoms with van der Waals surface area (Å²) in [5.74, 6) is 2.91. The minimum atomic E-state index is 0.560. The van der Waals surface area contributed by atoms with Crippen LogP contribution in [0.4, 0.5) is 5.69 Å². The maximum absolute atomic E-state index is 5.80. The first-order chi connectivity index (χ1) is 14.7. The van der Waals surface area contributed by atoms with Gasteiger partial charge in [-0.25, -0.2) is 0 Å². The van der Waals surface area contributed by atoms with E-state index in [0.717, 1.165) is 81.6 Å². The van der Waals surface area contributed by atoms with Crippen LogP contribution in [0.5, 0.6) is 11.5 Å². The Balaban J connectivity index is 1.87. The lowest BCUT2D eigenvalue weighted by Crippen LogP contribution is -2.32. The highest BCUT2D eigenvalue weighted by Gasteiger charge is 2.11. The molecule has 0 fully saturated rings. The Morgan fingerprint density at radius 3 is 2.70 bits per heavy atom. The molecule has 0 aromatic heterocycles. The summed E-state index contributed by atoms with van der Waals surface area (Å²) in [6.45, 7) is 9.60. The van der Waals surface area contributed by atoms with Crippen molar-refractivity contribution >= 4 is 11.6 Å². The fraction of sp³-hybridized carbons (Fsp3) is 0.696. The van der Waals surface area contributed by atoms with Crippen LogP contribution in [0.15, 0.2) is 23.2 Å². The second-order valence-electron chi connectivity index (χ2n) is 7.87. The van der Waals surface area contributed by atoms with Crippen molar-refractivity contribution in [2.45, 2.75) is 46.0 Å². The minimum Gasteiger partial charge on any atom is -0.490 e. The number of hydrogen-bond donors (Lipinski definition) is 2. The van der Waals surface area contributed by atoms with E-state index in [2.05, 4.69) is 24.5 Å². The highest BCUT2D eigenvalue weighted by atomic mass is 16.5. The summed E-state index contributed by atoms with van der Waals surface area (Å²) in [4.78, 5) is 4.72. The van der Waals surface area contributed by atoms with Gasteiger partial charge < -0.3 is 29.6 Å². The van der Waals surface area contributed by atoms with E-state index in [1.54, 1.807) is 7.11 Å². The van der Waals surface area contributed by atoms with Crippen molar-refractivity contribution in [3.8, 4) is 11.5 Å². The molecule has 2 rings (SSSR count). The third-order valence-corrected chi connectivity index (χ3v) is 4.50. The minimum absolute atomic E-state index is 0.560. The highest BCUT2D eigenvalue weighted by Crippen LogP contribution is 2.32. The molecule has 1 heterocycles. The molecule has 0 saturated heterocycles. The van der Waals surface area contributed by atoms with Crippen LogP contribution in [0.3, 0.4) is 0 Å². The average Bonchev–Trinajstić information content (AvgIpc) is 2.97. The van der Waals surface area contributed by atoms with Crippen molar-refractivity contribution in [1.82, 2.24) is 5.32 Å². The third-order valence-electron chi connectivity index (χ3n) is 4.50.